The monoisotopic (exact) mass is 361 g/mol. The maximum Gasteiger partial charge on any atom is 0.179 e. The Kier molecular flexibility index (Phi) is 5.50. The number of nitrogens with one attached hydrogen (secondary N) is 1. The molecule has 7 heteroatoms. The van der Waals surface area contributed by atoms with Gasteiger partial charge in [0.15, 0.2) is 8.68 Å². The van der Waals surface area contributed by atoms with Crippen molar-refractivity contribution < 1.29 is 0 Å². The Hall–Kier alpha value is -0.0800. The van der Waals surface area contributed by atoms with Crippen LogP contribution in [0.25, 0.3) is 0 Å². The van der Waals surface area contributed by atoms with Crippen molar-refractivity contribution in [2.75, 3.05) is 13.3 Å². The fraction of sp³-hybridized carbons (Fsp3) is 0.273. The summed E-state index contributed by atoms with van der Waals surface area (Å²) in [5, 5.41) is 11.4. The maximum absolute atomic E-state index is 4.15. The normalized spacial score (nSPS) is 10.8. The van der Waals surface area contributed by atoms with E-state index in [-0.39, 0.29) is 0 Å². The third-order valence-corrected chi connectivity index (χ3v) is 5.84. The van der Waals surface area contributed by atoms with Gasteiger partial charge >= 0.3 is 0 Å². The van der Waals surface area contributed by atoms with Crippen molar-refractivity contribution in [3.63, 3.8) is 0 Å². The van der Waals surface area contributed by atoms with E-state index in [0.29, 0.717) is 0 Å². The molecule has 0 unspecified atom stereocenters. The lowest BCUT2D eigenvalue weighted by atomic mass is 10.2. The van der Waals surface area contributed by atoms with Gasteiger partial charge in [-0.25, -0.2) is 0 Å². The highest BCUT2D eigenvalue weighted by Crippen LogP contribution is 2.34. The van der Waals surface area contributed by atoms with E-state index in [1.54, 1.807) is 34.9 Å². The van der Waals surface area contributed by atoms with Crippen LogP contribution in [0.1, 0.15) is 5.56 Å². The van der Waals surface area contributed by atoms with Crippen LogP contribution in [0.5, 0.6) is 0 Å². The molecular formula is C11H12BrN3S3. The van der Waals surface area contributed by atoms with Crippen molar-refractivity contribution in [2.24, 2.45) is 0 Å². The van der Waals surface area contributed by atoms with Crippen molar-refractivity contribution in [3.05, 3.63) is 28.2 Å². The lowest BCUT2D eigenvalue weighted by Crippen LogP contribution is -2.05. The van der Waals surface area contributed by atoms with Crippen LogP contribution in [-0.4, -0.2) is 23.5 Å². The second-order valence-corrected chi connectivity index (χ2v) is 7.63. The van der Waals surface area contributed by atoms with Crippen molar-refractivity contribution in [1.82, 2.24) is 15.5 Å². The van der Waals surface area contributed by atoms with Crippen LogP contribution in [-0.2, 0) is 6.54 Å². The smallest absolute Gasteiger partial charge is 0.179 e. The van der Waals surface area contributed by atoms with Gasteiger partial charge in [0.1, 0.15) is 0 Å². The van der Waals surface area contributed by atoms with Crippen LogP contribution in [0, 0.1) is 0 Å². The molecule has 0 amide bonds. The molecule has 96 valence electrons. The summed E-state index contributed by atoms with van der Waals surface area (Å²) in [7, 11) is 1.94. The topological polar surface area (TPSA) is 37.8 Å². The van der Waals surface area contributed by atoms with E-state index in [4.69, 9.17) is 0 Å². The second-order valence-electron chi connectivity index (χ2n) is 3.42. The van der Waals surface area contributed by atoms with Crippen molar-refractivity contribution in [1.29, 1.82) is 0 Å². The first kappa shape index (κ1) is 14.3. The lowest BCUT2D eigenvalue weighted by molar-refractivity contribution is 0.813. The molecule has 0 fully saturated rings. The van der Waals surface area contributed by atoms with E-state index in [1.807, 2.05) is 13.3 Å². The van der Waals surface area contributed by atoms with Crippen molar-refractivity contribution in [3.8, 4) is 0 Å². The first-order chi connectivity index (χ1) is 8.72. The Balaban J connectivity index is 2.12. The molecule has 3 nitrogen and oxygen atoms in total. The molecule has 0 aliphatic carbocycles. The molecule has 1 N–H and O–H groups in total. The number of aromatic nitrogens is 2. The number of thioether (sulfide) groups is 1. The third kappa shape index (κ3) is 3.71. The van der Waals surface area contributed by atoms with Gasteiger partial charge in [-0.1, -0.05) is 56.9 Å². The molecule has 18 heavy (non-hydrogen) atoms. The number of hydrogen-bond acceptors (Lipinski definition) is 6. The fourth-order valence-electron chi connectivity index (χ4n) is 1.35. The summed E-state index contributed by atoms with van der Waals surface area (Å²) < 4.78 is 3.10. The van der Waals surface area contributed by atoms with Crippen LogP contribution < -0.4 is 5.32 Å². The van der Waals surface area contributed by atoms with Gasteiger partial charge in [0.05, 0.1) is 0 Å². The summed E-state index contributed by atoms with van der Waals surface area (Å²) in [5.74, 6) is 0. The molecule has 0 aliphatic rings. The Morgan fingerprint density at radius 3 is 2.72 bits per heavy atom. The molecule has 1 aromatic heterocycles. The van der Waals surface area contributed by atoms with Gasteiger partial charge < -0.3 is 5.32 Å². The van der Waals surface area contributed by atoms with Gasteiger partial charge in [0.2, 0.25) is 0 Å². The van der Waals surface area contributed by atoms with Gasteiger partial charge in [-0.2, -0.15) is 0 Å². The predicted molar refractivity (Wildman–Crippen MR) is 82.7 cm³/mol. The zero-order valence-corrected chi connectivity index (χ0v) is 14.0. The molecule has 2 rings (SSSR count). The van der Waals surface area contributed by atoms with Gasteiger partial charge in [0, 0.05) is 15.9 Å². The van der Waals surface area contributed by atoms with Gasteiger partial charge in [-0.3, -0.25) is 0 Å². The van der Waals surface area contributed by atoms with Crippen LogP contribution in [0.2, 0.25) is 0 Å². The molecular weight excluding hydrogens is 350 g/mol. The largest absolute Gasteiger partial charge is 0.316 e. The standard InChI is InChI=1S/C11H12BrN3S3/c1-13-6-7-3-4-8(5-9(7)12)17-11-15-14-10(16-2)18-11/h3-5,13H,6H2,1-2H3. The van der Waals surface area contributed by atoms with Crippen LogP contribution in [0.3, 0.4) is 0 Å². The molecule has 0 bridgehead atoms. The molecule has 0 spiro atoms. The van der Waals surface area contributed by atoms with E-state index in [9.17, 15) is 0 Å². The lowest BCUT2D eigenvalue weighted by Gasteiger charge is -2.05. The zero-order chi connectivity index (χ0) is 13.0. The first-order valence-corrected chi connectivity index (χ1v) is 8.86. The first-order valence-electron chi connectivity index (χ1n) is 5.21. The SMILES string of the molecule is CNCc1ccc(Sc2nnc(SC)s2)cc1Br. The molecule has 1 heterocycles. The Morgan fingerprint density at radius 2 is 2.11 bits per heavy atom. The molecule has 0 saturated carbocycles. The van der Waals surface area contributed by atoms with Gasteiger partial charge in [-0.15, -0.1) is 10.2 Å². The van der Waals surface area contributed by atoms with E-state index >= 15 is 0 Å². The number of rotatable bonds is 5. The average molecular weight is 362 g/mol. The van der Waals surface area contributed by atoms with Gasteiger partial charge in [0.25, 0.3) is 0 Å². The Morgan fingerprint density at radius 1 is 1.33 bits per heavy atom. The fourth-order valence-corrected chi connectivity index (χ4v) is 4.47. The minimum atomic E-state index is 0.862. The number of hydrogen-bond donors (Lipinski definition) is 1. The highest BCUT2D eigenvalue weighted by atomic mass is 79.9. The second kappa shape index (κ2) is 6.91. The summed E-state index contributed by atoms with van der Waals surface area (Å²) >= 11 is 8.49. The molecule has 0 saturated heterocycles. The molecule has 2 aromatic rings. The summed E-state index contributed by atoms with van der Waals surface area (Å²) in [6.45, 7) is 0.862. The molecule has 0 aliphatic heterocycles. The quantitative estimate of drug-likeness (QED) is 0.817. The van der Waals surface area contributed by atoms with E-state index < -0.39 is 0 Å². The van der Waals surface area contributed by atoms with Crippen molar-refractivity contribution >= 4 is 50.8 Å². The number of benzene rings is 1. The number of halogens is 1. The van der Waals surface area contributed by atoms with Gasteiger partial charge in [-0.05, 0) is 31.0 Å². The Bertz CT molecular complexity index is 530. The molecule has 1 aromatic carbocycles. The summed E-state index contributed by atoms with van der Waals surface area (Å²) in [5.41, 5.74) is 1.25. The maximum atomic E-state index is 4.15. The summed E-state index contributed by atoms with van der Waals surface area (Å²) in [6.07, 6.45) is 2.01. The highest BCUT2D eigenvalue weighted by molar-refractivity contribution is 9.10. The van der Waals surface area contributed by atoms with E-state index in [2.05, 4.69) is 49.6 Å². The van der Waals surface area contributed by atoms with Crippen molar-refractivity contribution in [2.45, 2.75) is 20.1 Å². The van der Waals surface area contributed by atoms with Crippen LogP contribution in [0.4, 0.5) is 0 Å². The Labute approximate surface area is 127 Å². The zero-order valence-electron chi connectivity index (χ0n) is 9.94. The third-order valence-electron chi connectivity index (χ3n) is 2.16. The van der Waals surface area contributed by atoms with E-state index in [0.717, 1.165) is 19.7 Å². The minimum Gasteiger partial charge on any atom is -0.316 e. The van der Waals surface area contributed by atoms with Crippen LogP contribution >= 0.6 is 50.8 Å². The predicted octanol–water partition coefficient (Wildman–Crippen LogP) is 3.89. The number of nitrogens with zero attached hydrogens (tertiary/aromatic N) is 2. The van der Waals surface area contributed by atoms with E-state index in [1.165, 1.54) is 10.5 Å². The highest BCUT2D eigenvalue weighted by Gasteiger charge is 2.07. The molecule has 0 radical (unpaired) electrons. The minimum absolute atomic E-state index is 0.862. The average Bonchev–Trinajstić information content (AvgIpc) is 2.80. The van der Waals surface area contributed by atoms with Crippen LogP contribution in [0.15, 0.2) is 36.2 Å². The molecule has 0 atom stereocenters. The summed E-state index contributed by atoms with van der Waals surface area (Å²) in [6, 6.07) is 6.36. The summed E-state index contributed by atoms with van der Waals surface area (Å²) in [4.78, 5) is 1.17.